The van der Waals surface area contributed by atoms with E-state index in [1.165, 1.54) is 44.9 Å². The fraction of sp³-hybridized carbons (Fsp3) is 0.667. The number of amides is 1. The van der Waals surface area contributed by atoms with Crippen LogP contribution in [0.15, 0.2) is 97.2 Å². The molecule has 0 saturated carbocycles. The van der Waals surface area contributed by atoms with Gasteiger partial charge in [-0.2, -0.15) is 0 Å². The van der Waals surface area contributed by atoms with Crippen LogP contribution in [-0.2, 0) is 14.3 Å². The van der Waals surface area contributed by atoms with Gasteiger partial charge in [-0.25, -0.2) is 0 Å². The van der Waals surface area contributed by atoms with E-state index in [-0.39, 0.29) is 12.5 Å². The van der Waals surface area contributed by atoms with Gasteiger partial charge in [-0.3, -0.25) is 4.79 Å². The van der Waals surface area contributed by atoms with Crippen LogP contribution in [0.25, 0.3) is 0 Å². The van der Waals surface area contributed by atoms with Crippen LogP contribution in [0.4, 0.5) is 0 Å². The molecule has 9 nitrogen and oxygen atoms in total. The first-order chi connectivity index (χ1) is 29.3. The predicted octanol–water partition coefficient (Wildman–Crippen LogP) is 10.1. The highest BCUT2D eigenvalue weighted by Gasteiger charge is 2.44. The van der Waals surface area contributed by atoms with Gasteiger partial charge in [0.1, 0.15) is 24.4 Å². The number of rotatable bonds is 37. The molecule has 342 valence electrons. The topological polar surface area (TPSA) is 149 Å². The summed E-state index contributed by atoms with van der Waals surface area (Å²) in [5.74, 6) is -0.198. The van der Waals surface area contributed by atoms with Gasteiger partial charge in [-0.05, 0) is 77.0 Å². The molecule has 0 aromatic carbocycles. The van der Waals surface area contributed by atoms with Crippen molar-refractivity contribution in [2.45, 2.75) is 204 Å². The van der Waals surface area contributed by atoms with E-state index < -0.39 is 49.5 Å². The summed E-state index contributed by atoms with van der Waals surface area (Å²) in [7, 11) is 0. The zero-order chi connectivity index (χ0) is 43.7. The second-order valence-corrected chi connectivity index (χ2v) is 15.8. The van der Waals surface area contributed by atoms with Crippen molar-refractivity contribution in [3.05, 3.63) is 97.2 Å². The van der Waals surface area contributed by atoms with Gasteiger partial charge < -0.3 is 40.3 Å². The smallest absolute Gasteiger partial charge is 0.220 e. The Labute approximate surface area is 364 Å². The minimum absolute atomic E-state index is 0.198. The SMILES string of the molecule is CC/C=C\C/C=C\C/C=C\C/C=C\C/C=C\C/C=C\C/C=C\CCCCCCCCCC(=O)NC(COC1OC(CO)C(O)C(O)C1O)C(O)/C=C/CCCCCCCC. The van der Waals surface area contributed by atoms with Crippen molar-refractivity contribution < 1.29 is 39.8 Å². The summed E-state index contributed by atoms with van der Waals surface area (Å²) in [4.78, 5) is 12.9. The zero-order valence-corrected chi connectivity index (χ0v) is 37.4. The van der Waals surface area contributed by atoms with Crippen LogP contribution in [-0.4, -0.2) is 87.5 Å². The number of aliphatic hydroxyl groups excluding tert-OH is 5. The van der Waals surface area contributed by atoms with E-state index in [9.17, 15) is 30.3 Å². The van der Waals surface area contributed by atoms with E-state index in [0.717, 1.165) is 96.3 Å². The number of nitrogens with one attached hydrogen (secondary N) is 1. The van der Waals surface area contributed by atoms with Crippen molar-refractivity contribution in [3.63, 3.8) is 0 Å². The lowest BCUT2D eigenvalue weighted by atomic mass is 9.99. The summed E-state index contributed by atoms with van der Waals surface area (Å²) >= 11 is 0. The maximum atomic E-state index is 12.9. The standard InChI is InChI=1S/C51H85NO8/c1-3-5-7-9-11-13-14-15-16-17-18-19-20-21-22-23-24-25-26-27-28-29-30-31-32-33-35-37-39-41-47(55)52-44(45(54)40-38-36-34-12-10-8-6-4-2)43-59-51-50(58)49(57)48(56)46(42-53)60-51/h5,7,11,13,15-16,18-19,21-22,24-25,27-28,38,40,44-46,48-51,53-54,56-58H,3-4,6,8-10,12,14,17,20,23,26,29-37,39,41-43H2,1-2H3,(H,52,55)/b7-5-,13-11-,16-15-,19-18-,22-21-,25-24-,28-27-,40-38+. The second kappa shape index (κ2) is 40.2. The molecule has 7 atom stereocenters. The summed E-state index contributed by atoms with van der Waals surface area (Å²) < 4.78 is 11.2. The molecule has 1 fully saturated rings. The molecule has 9 heteroatoms. The van der Waals surface area contributed by atoms with E-state index in [1.54, 1.807) is 6.08 Å². The third-order valence-electron chi connectivity index (χ3n) is 10.4. The van der Waals surface area contributed by atoms with Gasteiger partial charge in [0.2, 0.25) is 5.91 Å². The second-order valence-electron chi connectivity index (χ2n) is 15.8. The number of hydrogen-bond donors (Lipinski definition) is 6. The molecule has 0 aromatic rings. The molecule has 0 bridgehead atoms. The lowest BCUT2D eigenvalue weighted by molar-refractivity contribution is -0.302. The first-order valence-electron chi connectivity index (χ1n) is 23.5. The molecule has 1 rings (SSSR count). The highest BCUT2D eigenvalue weighted by molar-refractivity contribution is 5.76. The van der Waals surface area contributed by atoms with Crippen LogP contribution in [0.1, 0.15) is 162 Å². The van der Waals surface area contributed by atoms with Crippen LogP contribution >= 0.6 is 0 Å². The van der Waals surface area contributed by atoms with E-state index in [0.29, 0.717) is 6.42 Å². The Bertz CT molecular complexity index is 1250. The molecule has 7 unspecified atom stereocenters. The van der Waals surface area contributed by atoms with Crippen molar-refractivity contribution in [2.24, 2.45) is 0 Å². The molecule has 0 aromatic heterocycles. The van der Waals surface area contributed by atoms with Gasteiger partial charge in [-0.15, -0.1) is 0 Å². The number of unbranched alkanes of at least 4 members (excludes halogenated alkanes) is 13. The third kappa shape index (κ3) is 30.2. The lowest BCUT2D eigenvalue weighted by Crippen LogP contribution is -2.60. The van der Waals surface area contributed by atoms with E-state index in [2.05, 4.69) is 104 Å². The average Bonchev–Trinajstić information content (AvgIpc) is 3.25. The number of hydrogen-bond acceptors (Lipinski definition) is 8. The van der Waals surface area contributed by atoms with Gasteiger partial charge in [0.25, 0.3) is 0 Å². The highest BCUT2D eigenvalue weighted by Crippen LogP contribution is 2.22. The van der Waals surface area contributed by atoms with Gasteiger partial charge >= 0.3 is 0 Å². The molecule has 0 aliphatic carbocycles. The molecular weight excluding hydrogens is 755 g/mol. The number of allylic oxidation sites excluding steroid dienone is 15. The minimum atomic E-state index is -1.57. The highest BCUT2D eigenvalue weighted by atomic mass is 16.7. The molecule has 0 spiro atoms. The molecular formula is C51H85NO8. The summed E-state index contributed by atoms with van der Waals surface area (Å²) in [5.41, 5.74) is 0. The fourth-order valence-electron chi connectivity index (χ4n) is 6.66. The zero-order valence-electron chi connectivity index (χ0n) is 37.4. The number of aliphatic hydroxyl groups is 5. The summed E-state index contributed by atoms with van der Waals surface area (Å²) in [6.07, 6.45) is 50.4. The van der Waals surface area contributed by atoms with Crippen molar-refractivity contribution in [3.8, 4) is 0 Å². The lowest BCUT2D eigenvalue weighted by Gasteiger charge is -2.40. The maximum absolute atomic E-state index is 12.9. The molecule has 1 aliphatic heterocycles. The van der Waals surface area contributed by atoms with Crippen molar-refractivity contribution in [2.75, 3.05) is 13.2 Å². The van der Waals surface area contributed by atoms with Crippen LogP contribution < -0.4 is 5.32 Å². The molecule has 1 saturated heterocycles. The van der Waals surface area contributed by atoms with Gasteiger partial charge in [0.15, 0.2) is 6.29 Å². The minimum Gasteiger partial charge on any atom is -0.394 e. The number of carbonyl (C=O) groups is 1. The van der Waals surface area contributed by atoms with E-state index in [4.69, 9.17) is 9.47 Å². The Balaban J connectivity index is 2.23. The van der Waals surface area contributed by atoms with Gasteiger partial charge in [0, 0.05) is 6.42 Å². The Hall–Kier alpha value is -2.89. The largest absolute Gasteiger partial charge is 0.394 e. The Morgan fingerprint density at radius 1 is 0.583 bits per heavy atom. The third-order valence-corrected chi connectivity index (χ3v) is 10.4. The first kappa shape index (κ1) is 55.1. The fourth-order valence-corrected chi connectivity index (χ4v) is 6.66. The van der Waals surface area contributed by atoms with Gasteiger partial charge in [-0.1, -0.05) is 175 Å². The predicted molar refractivity (Wildman–Crippen MR) is 248 cm³/mol. The first-order valence-corrected chi connectivity index (χ1v) is 23.5. The van der Waals surface area contributed by atoms with Crippen molar-refractivity contribution in [1.82, 2.24) is 5.32 Å². The maximum Gasteiger partial charge on any atom is 0.220 e. The van der Waals surface area contributed by atoms with Crippen LogP contribution in [0.2, 0.25) is 0 Å². The Morgan fingerprint density at radius 3 is 1.53 bits per heavy atom. The van der Waals surface area contributed by atoms with Crippen molar-refractivity contribution in [1.29, 1.82) is 0 Å². The molecule has 1 aliphatic rings. The molecule has 1 heterocycles. The normalized spacial score (nSPS) is 21.5. The molecule has 6 N–H and O–H groups in total. The van der Waals surface area contributed by atoms with Crippen molar-refractivity contribution >= 4 is 5.91 Å². The Morgan fingerprint density at radius 2 is 1.03 bits per heavy atom. The summed E-state index contributed by atoms with van der Waals surface area (Å²) in [6, 6.07) is -0.814. The van der Waals surface area contributed by atoms with Crippen LogP contribution in [0.5, 0.6) is 0 Å². The van der Waals surface area contributed by atoms with Crippen LogP contribution in [0.3, 0.4) is 0 Å². The molecule has 0 radical (unpaired) electrons. The number of carbonyl (C=O) groups excluding carboxylic acids is 1. The monoisotopic (exact) mass is 840 g/mol. The van der Waals surface area contributed by atoms with E-state index >= 15 is 0 Å². The Kier molecular flexibility index (Phi) is 36.9. The average molecular weight is 840 g/mol. The molecule has 60 heavy (non-hydrogen) atoms. The quantitative estimate of drug-likeness (QED) is 0.0268. The summed E-state index contributed by atoms with van der Waals surface area (Å²) in [6.45, 7) is 3.58. The van der Waals surface area contributed by atoms with Crippen LogP contribution in [0, 0.1) is 0 Å². The van der Waals surface area contributed by atoms with E-state index in [1.807, 2.05) is 6.08 Å². The number of ether oxygens (including phenoxy) is 2. The molecule has 1 amide bonds. The summed E-state index contributed by atoms with van der Waals surface area (Å²) in [5, 5.41) is 54.0. The van der Waals surface area contributed by atoms with Gasteiger partial charge in [0.05, 0.1) is 25.4 Å².